The van der Waals surface area contributed by atoms with Crippen molar-refractivity contribution < 1.29 is 18.3 Å². The van der Waals surface area contributed by atoms with E-state index in [-0.39, 0.29) is 23.8 Å². The van der Waals surface area contributed by atoms with Crippen LogP contribution < -0.4 is 10.3 Å². The highest BCUT2D eigenvalue weighted by Gasteiger charge is 2.13. The molecule has 0 radical (unpaired) electrons. The molecule has 0 aliphatic rings. The van der Waals surface area contributed by atoms with E-state index in [9.17, 15) is 18.4 Å². The second-order valence-corrected chi connectivity index (χ2v) is 6.13. The Kier molecular flexibility index (Phi) is 6.33. The number of nitrogens with one attached hydrogen (secondary N) is 1. The van der Waals surface area contributed by atoms with Crippen molar-refractivity contribution in [3.05, 3.63) is 76.3 Å². The van der Waals surface area contributed by atoms with Crippen molar-refractivity contribution >= 4 is 22.9 Å². The van der Waals surface area contributed by atoms with Crippen LogP contribution in [-0.4, -0.2) is 33.9 Å². The van der Waals surface area contributed by atoms with Gasteiger partial charge in [-0.2, -0.15) is 8.78 Å². The molecule has 0 spiro atoms. The third kappa shape index (κ3) is 5.04. The van der Waals surface area contributed by atoms with Crippen molar-refractivity contribution in [3.63, 3.8) is 0 Å². The Hall–Kier alpha value is -3.55. The Balaban J connectivity index is 1.78. The number of likely N-dealkylation sites (N-methyl/N-ethyl adjacent to an activating group) is 1. The molecule has 0 unspecified atom stereocenters. The van der Waals surface area contributed by atoms with Crippen LogP contribution in [0.3, 0.4) is 0 Å². The van der Waals surface area contributed by atoms with Gasteiger partial charge in [0.15, 0.2) is 0 Å². The zero-order valence-corrected chi connectivity index (χ0v) is 15.6. The summed E-state index contributed by atoms with van der Waals surface area (Å²) in [7, 11) is 0. The number of hydrogen-bond donors (Lipinski definition) is 1. The second-order valence-electron chi connectivity index (χ2n) is 6.13. The Morgan fingerprint density at radius 1 is 1.21 bits per heavy atom. The molecule has 1 aromatic heterocycles. The Labute approximate surface area is 165 Å². The summed E-state index contributed by atoms with van der Waals surface area (Å²) in [6, 6.07) is 13.1. The summed E-state index contributed by atoms with van der Waals surface area (Å²) in [6.45, 7) is -0.689. The Bertz CT molecular complexity index is 1100. The van der Waals surface area contributed by atoms with Gasteiger partial charge >= 0.3 is 6.61 Å². The molecule has 150 valence electrons. The van der Waals surface area contributed by atoms with Crippen molar-refractivity contribution in [1.82, 2.24) is 14.9 Å². The summed E-state index contributed by atoms with van der Waals surface area (Å²) in [5.41, 5.74) is 0.625. The van der Waals surface area contributed by atoms with Crippen LogP contribution >= 0.6 is 0 Å². The summed E-state index contributed by atoms with van der Waals surface area (Å²) in [5.74, 6) is -0.0102. The molecule has 0 fully saturated rings. The van der Waals surface area contributed by atoms with E-state index < -0.39 is 6.61 Å². The maximum absolute atomic E-state index is 12.6. The van der Waals surface area contributed by atoms with Crippen molar-refractivity contribution in [2.75, 3.05) is 6.54 Å². The lowest BCUT2D eigenvalue weighted by Gasteiger charge is -2.18. The van der Waals surface area contributed by atoms with Gasteiger partial charge in [0.05, 0.1) is 17.4 Å². The van der Waals surface area contributed by atoms with Crippen molar-refractivity contribution in [2.45, 2.75) is 20.1 Å². The van der Waals surface area contributed by atoms with Gasteiger partial charge in [-0.15, -0.1) is 0 Å². The molecule has 0 bridgehead atoms. The van der Waals surface area contributed by atoms with E-state index >= 15 is 0 Å². The van der Waals surface area contributed by atoms with Crippen LogP contribution in [0.4, 0.5) is 8.78 Å². The van der Waals surface area contributed by atoms with Crippen LogP contribution in [0.1, 0.15) is 18.3 Å². The van der Waals surface area contributed by atoms with Crippen molar-refractivity contribution in [2.24, 2.45) is 0 Å². The highest BCUT2D eigenvalue weighted by atomic mass is 19.3. The molecule has 0 atom stereocenters. The number of ether oxygens (including phenoxy) is 1. The first-order chi connectivity index (χ1) is 14.0. The first kappa shape index (κ1) is 20.2. The molecular weight excluding hydrogens is 380 g/mol. The molecule has 6 nitrogen and oxygen atoms in total. The monoisotopic (exact) mass is 399 g/mol. The predicted octanol–water partition coefficient (Wildman–Crippen LogP) is 3.59. The van der Waals surface area contributed by atoms with E-state index in [2.05, 4.69) is 14.7 Å². The minimum atomic E-state index is -2.96. The SMILES string of the molecule is CCN(Cc1nc2ccccc2c(=O)[nH]1)C(=O)/C=C/c1ccccc1OC(F)F. The van der Waals surface area contributed by atoms with Crippen molar-refractivity contribution in [3.8, 4) is 5.75 Å². The number of hydrogen-bond acceptors (Lipinski definition) is 4. The number of aromatic amines is 1. The number of H-pyrrole nitrogens is 1. The Morgan fingerprint density at radius 2 is 1.93 bits per heavy atom. The number of aromatic nitrogens is 2. The fourth-order valence-corrected chi connectivity index (χ4v) is 2.82. The molecule has 3 aromatic rings. The van der Waals surface area contributed by atoms with Gasteiger partial charge in [0.1, 0.15) is 11.6 Å². The van der Waals surface area contributed by atoms with Gasteiger partial charge in [-0.3, -0.25) is 9.59 Å². The predicted molar refractivity (Wildman–Crippen MR) is 106 cm³/mol. The number of halogens is 2. The zero-order valence-electron chi connectivity index (χ0n) is 15.6. The molecule has 0 saturated carbocycles. The van der Waals surface area contributed by atoms with E-state index in [0.717, 1.165) is 0 Å². The van der Waals surface area contributed by atoms with Crippen molar-refractivity contribution in [1.29, 1.82) is 0 Å². The number of carbonyl (C=O) groups excluding carboxylic acids is 1. The molecular formula is C21H19F2N3O3. The molecule has 1 amide bonds. The average molecular weight is 399 g/mol. The number of alkyl halides is 2. The largest absolute Gasteiger partial charge is 0.434 e. The highest BCUT2D eigenvalue weighted by molar-refractivity contribution is 5.92. The number of nitrogens with zero attached hydrogens (tertiary/aromatic N) is 2. The van der Waals surface area contributed by atoms with E-state index in [0.29, 0.717) is 28.8 Å². The molecule has 0 aliphatic carbocycles. The highest BCUT2D eigenvalue weighted by Crippen LogP contribution is 2.21. The molecule has 8 heteroatoms. The Morgan fingerprint density at radius 3 is 2.69 bits per heavy atom. The van der Waals surface area contributed by atoms with Gasteiger partial charge in [0.2, 0.25) is 5.91 Å². The number of amides is 1. The summed E-state index contributed by atoms with van der Waals surface area (Å²) in [5, 5.41) is 0.473. The summed E-state index contributed by atoms with van der Waals surface area (Å²) >= 11 is 0. The number of carbonyl (C=O) groups is 1. The molecule has 1 N–H and O–H groups in total. The van der Waals surface area contributed by atoms with E-state index in [1.165, 1.54) is 23.1 Å². The van der Waals surface area contributed by atoms with E-state index in [1.54, 1.807) is 49.4 Å². The fraction of sp³-hybridized carbons (Fsp3) is 0.190. The standard InChI is InChI=1S/C21H19F2N3O3/c1-2-26(13-18-24-16-9-5-4-8-15(16)20(28)25-18)19(27)12-11-14-7-3-6-10-17(14)29-21(22)23/h3-12,21H,2,13H2,1H3,(H,24,25,28)/b12-11+. The van der Waals surface area contributed by atoms with Gasteiger partial charge in [0, 0.05) is 18.2 Å². The topological polar surface area (TPSA) is 75.3 Å². The van der Waals surface area contributed by atoms with E-state index in [4.69, 9.17) is 0 Å². The van der Waals surface area contributed by atoms with Crippen LogP contribution in [0.15, 0.2) is 59.4 Å². The fourth-order valence-electron chi connectivity index (χ4n) is 2.82. The number of para-hydroxylation sites is 2. The summed E-state index contributed by atoms with van der Waals surface area (Å²) < 4.78 is 29.5. The number of rotatable bonds is 7. The minimum Gasteiger partial charge on any atom is -0.434 e. The maximum Gasteiger partial charge on any atom is 0.387 e. The molecule has 0 saturated heterocycles. The molecule has 0 aliphatic heterocycles. The van der Waals surface area contributed by atoms with Crippen LogP contribution in [0.5, 0.6) is 5.75 Å². The van der Waals surface area contributed by atoms with Gasteiger partial charge in [0.25, 0.3) is 5.56 Å². The summed E-state index contributed by atoms with van der Waals surface area (Å²) in [4.78, 5) is 33.3. The lowest BCUT2D eigenvalue weighted by atomic mass is 10.2. The molecule has 1 heterocycles. The van der Waals surface area contributed by atoms with Gasteiger partial charge < -0.3 is 14.6 Å². The van der Waals surface area contributed by atoms with Crippen LogP contribution in [-0.2, 0) is 11.3 Å². The van der Waals surface area contributed by atoms with Crippen LogP contribution in [0.25, 0.3) is 17.0 Å². The second kappa shape index (κ2) is 9.09. The van der Waals surface area contributed by atoms with Crippen LogP contribution in [0, 0.1) is 0 Å². The van der Waals surface area contributed by atoms with Gasteiger partial charge in [-0.05, 0) is 31.2 Å². The van der Waals surface area contributed by atoms with Gasteiger partial charge in [-0.1, -0.05) is 30.3 Å². The third-order valence-corrected chi connectivity index (χ3v) is 4.24. The maximum atomic E-state index is 12.6. The van der Waals surface area contributed by atoms with Gasteiger partial charge in [-0.25, -0.2) is 4.98 Å². The zero-order chi connectivity index (χ0) is 20.8. The smallest absolute Gasteiger partial charge is 0.387 e. The quantitative estimate of drug-likeness (QED) is 0.616. The molecule has 2 aromatic carbocycles. The summed E-state index contributed by atoms with van der Waals surface area (Å²) in [6.07, 6.45) is 2.69. The lowest BCUT2D eigenvalue weighted by molar-refractivity contribution is -0.126. The van der Waals surface area contributed by atoms with E-state index in [1.807, 2.05) is 0 Å². The number of fused-ring (bicyclic) bond motifs is 1. The third-order valence-electron chi connectivity index (χ3n) is 4.24. The molecule has 3 rings (SSSR count). The average Bonchev–Trinajstić information content (AvgIpc) is 2.71. The minimum absolute atomic E-state index is 0.0184. The lowest BCUT2D eigenvalue weighted by Crippen LogP contribution is -2.30. The first-order valence-electron chi connectivity index (χ1n) is 8.96. The normalized spacial score (nSPS) is 11.3. The first-order valence-corrected chi connectivity index (χ1v) is 8.96. The molecule has 29 heavy (non-hydrogen) atoms. The van der Waals surface area contributed by atoms with Crippen LogP contribution in [0.2, 0.25) is 0 Å². The number of benzene rings is 2.